The average molecular weight is 406 g/mol. The summed E-state index contributed by atoms with van der Waals surface area (Å²) in [6.45, 7) is 3.58. The number of methoxy groups -OCH3 is 1. The first kappa shape index (κ1) is 22.8. The molecular weight excluding hydrogens is 376 g/mol. The highest BCUT2D eigenvalue weighted by atomic mass is 16.5. The SMILES string of the molecule is COCCN(CC(=O)NC[C@@H]1CCCO1)C(=O)CCC(=O)Nc1cc(C)ccn1. The summed E-state index contributed by atoms with van der Waals surface area (Å²) in [5, 5.41) is 5.48. The summed E-state index contributed by atoms with van der Waals surface area (Å²) in [5.41, 5.74) is 0.978. The van der Waals surface area contributed by atoms with Crippen LogP contribution in [0.4, 0.5) is 5.82 Å². The van der Waals surface area contributed by atoms with Gasteiger partial charge in [0.15, 0.2) is 0 Å². The smallest absolute Gasteiger partial charge is 0.239 e. The van der Waals surface area contributed by atoms with Gasteiger partial charge in [-0.05, 0) is 37.5 Å². The third-order valence-electron chi connectivity index (χ3n) is 4.55. The molecule has 1 aliphatic rings. The lowest BCUT2D eigenvalue weighted by Crippen LogP contribution is -2.44. The number of hydrogen-bond donors (Lipinski definition) is 2. The van der Waals surface area contributed by atoms with Gasteiger partial charge in [0.05, 0.1) is 19.3 Å². The molecule has 1 aromatic heterocycles. The van der Waals surface area contributed by atoms with Crippen LogP contribution in [0.2, 0.25) is 0 Å². The molecule has 0 bridgehead atoms. The molecule has 0 aliphatic carbocycles. The Kier molecular flexibility index (Phi) is 9.52. The number of pyridine rings is 1. The van der Waals surface area contributed by atoms with Crippen molar-refractivity contribution >= 4 is 23.5 Å². The van der Waals surface area contributed by atoms with Crippen molar-refractivity contribution in [2.24, 2.45) is 0 Å². The molecule has 1 aromatic rings. The minimum Gasteiger partial charge on any atom is -0.383 e. The van der Waals surface area contributed by atoms with Crippen LogP contribution in [-0.4, -0.2) is 73.7 Å². The Balaban J connectivity index is 1.78. The van der Waals surface area contributed by atoms with Crippen LogP contribution in [0.3, 0.4) is 0 Å². The molecule has 2 rings (SSSR count). The van der Waals surface area contributed by atoms with Crippen molar-refractivity contribution < 1.29 is 23.9 Å². The fourth-order valence-corrected chi connectivity index (χ4v) is 2.94. The molecule has 0 spiro atoms. The average Bonchev–Trinajstić information content (AvgIpc) is 3.21. The van der Waals surface area contributed by atoms with Crippen LogP contribution < -0.4 is 10.6 Å². The predicted octanol–water partition coefficient (Wildman–Crippen LogP) is 0.879. The van der Waals surface area contributed by atoms with E-state index >= 15 is 0 Å². The van der Waals surface area contributed by atoms with Gasteiger partial charge in [0.25, 0.3) is 0 Å². The molecule has 29 heavy (non-hydrogen) atoms. The first-order valence-corrected chi connectivity index (χ1v) is 9.85. The van der Waals surface area contributed by atoms with Crippen molar-refractivity contribution in [1.29, 1.82) is 0 Å². The second-order valence-corrected chi connectivity index (χ2v) is 7.01. The van der Waals surface area contributed by atoms with E-state index in [9.17, 15) is 14.4 Å². The van der Waals surface area contributed by atoms with E-state index in [0.717, 1.165) is 25.0 Å². The zero-order chi connectivity index (χ0) is 21.1. The lowest BCUT2D eigenvalue weighted by molar-refractivity contribution is -0.137. The summed E-state index contributed by atoms with van der Waals surface area (Å²) >= 11 is 0. The number of aromatic nitrogens is 1. The Morgan fingerprint density at radius 2 is 2.14 bits per heavy atom. The maximum Gasteiger partial charge on any atom is 0.239 e. The van der Waals surface area contributed by atoms with Crippen LogP contribution in [-0.2, 0) is 23.9 Å². The molecule has 0 unspecified atom stereocenters. The van der Waals surface area contributed by atoms with Crippen molar-refractivity contribution in [3.05, 3.63) is 23.9 Å². The van der Waals surface area contributed by atoms with Gasteiger partial charge in [0, 0.05) is 45.8 Å². The molecule has 2 N–H and O–H groups in total. The minimum atomic E-state index is -0.300. The molecule has 1 saturated heterocycles. The fourth-order valence-electron chi connectivity index (χ4n) is 2.94. The number of anilines is 1. The topological polar surface area (TPSA) is 110 Å². The molecule has 1 atom stereocenters. The van der Waals surface area contributed by atoms with Crippen LogP contribution in [0.25, 0.3) is 0 Å². The normalized spacial score (nSPS) is 15.7. The summed E-state index contributed by atoms with van der Waals surface area (Å²) < 4.78 is 10.5. The molecule has 3 amide bonds. The second kappa shape index (κ2) is 12.1. The van der Waals surface area contributed by atoms with Crippen molar-refractivity contribution in [1.82, 2.24) is 15.2 Å². The molecule has 0 saturated carbocycles. The van der Waals surface area contributed by atoms with E-state index in [1.165, 1.54) is 12.0 Å². The van der Waals surface area contributed by atoms with Gasteiger partial charge in [-0.2, -0.15) is 0 Å². The number of rotatable bonds is 11. The standard InChI is InChI=1S/C20H30N4O5/c1-15-7-8-21-17(12-15)23-18(25)5-6-20(27)24(9-11-28-2)14-19(26)22-13-16-4-3-10-29-16/h7-8,12,16H,3-6,9-11,13-14H2,1-2H3,(H,22,26)(H,21,23,25)/t16-/m0/s1. The van der Waals surface area contributed by atoms with Gasteiger partial charge in [-0.25, -0.2) is 4.98 Å². The first-order valence-electron chi connectivity index (χ1n) is 9.85. The number of hydrogen-bond acceptors (Lipinski definition) is 6. The van der Waals surface area contributed by atoms with Gasteiger partial charge in [0.1, 0.15) is 5.82 Å². The second-order valence-electron chi connectivity index (χ2n) is 7.01. The van der Waals surface area contributed by atoms with E-state index < -0.39 is 0 Å². The lowest BCUT2D eigenvalue weighted by Gasteiger charge is -2.22. The molecule has 0 aromatic carbocycles. The zero-order valence-corrected chi connectivity index (χ0v) is 17.1. The van der Waals surface area contributed by atoms with Crippen LogP contribution >= 0.6 is 0 Å². The van der Waals surface area contributed by atoms with Crippen molar-refractivity contribution in [3.63, 3.8) is 0 Å². The van der Waals surface area contributed by atoms with Gasteiger partial charge in [-0.1, -0.05) is 0 Å². The lowest BCUT2D eigenvalue weighted by atomic mass is 10.2. The number of carbonyl (C=O) groups excluding carboxylic acids is 3. The zero-order valence-electron chi connectivity index (χ0n) is 17.1. The number of nitrogens with one attached hydrogen (secondary N) is 2. The number of amides is 3. The fraction of sp³-hybridized carbons (Fsp3) is 0.600. The van der Waals surface area contributed by atoms with E-state index in [1.807, 2.05) is 13.0 Å². The van der Waals surface area contributed by atoms with Gasteiger partial charge < -0.3 is 25.0 Å². The highest BCUT2D eigenvalue weighted by molar-refractivity contribution is 5.93. The van der Waals surface area contributed by atoms with Gasteiger partial charge in [0.2, 0.25) is 17.7 Å². The minimum absolute atomic E-state index is 0.000376. The summed E-state index contributed by atoms with van der Waals surface area (Å²) in [6.07, 6.45) is 3.59. The molecular formula is C20H30N4O5. The van der Waals surface area contributed by atoms with E-state index in [0.29, 0.717) is 19.0 Å². The van der Waals surface area contributed by atoms with Crippen LogP contribution in [0.15, 0.2) is 18.3 Å². The molecule has 1 fully saturated rings. The predicted molar refractivity (Wildman–Crippen MR) is 107 cm³/mol. The van der Waals surface area contributed by atoms with Crippen molar-refractivity contribution in [2.75, 3.05) is 45.3 Å². The summed E-state index contributed by atoms with van der Waals surface area (Å²) in [4.78, 5) is 42.3. The molecule has 0 radical (unpaired) electrons. The highest BCUT2D eigenvalue weighted by Crippen LogP contribution is 2.10. The third-order valence-corrected chi connectivity index (χ3v) is 4.55. The third kappa shape index (κ3) is 8.57. The maximum absolute atomic E-state index is 12.5. The van der Waals surface area contributed by atoms with Crippen LogP contribution in [0.1, 0.15) is 31.2 Å². The molecule has 9 nitrogen and oxygen atoms in total. The number of carbonyl (C=O) groups is 3. The molecule has 160 valence electrons. The van der Waals surface area contributed by atoms with E-state index in [1.54, 1.807) is 12.3 Å². The quantitative estimate of drug-likeness (QED) is 0.565. The summed E-state index contributed by atoms with van der Waals surface area (Å²) in [6, 6.07) is 3.58. The maximum atomic E-state index is 12.5. The summed E-state index contributed by atoms with van der Waals surface area (Å²) in [7, 11) is 1.53. The Hall–Kier alpha value is -2.52. The number of aryl methyl sites for hydroxylation is 1. The molecule has 2 heterocycles. The largest absolute Gasteiger partial charge is 0.383 e. The number of ether oxygens (including phenoxy) is 2. The van der Waals surface area contributed by atoms with Gasteiger partial charge in [-0.15, -0.1) is 0 Å². The Morgan fingerprint density at radius 1 is 1.31 bits per heavy atom. The van der Waals surface area contributed by atoms with Gasteiger partial charge in [-0.3, -0.25) is 14.4 Å². The monoisotopic (exact) mass is 406 g/mol. The Morgan fingerprint density at radius 3 is 2.83 bits per heavy atom. The Labute approximate surface area is 171 Å². The van der Waals surface area contributed by atoms with E-state index in [-0.39, 0.29) is 49.8 Å². The molecule has 9 heteroatoms. The Bertz CT molecular complexity index is 691. The van der Waals surface area contributed by atoms with Crippen molar-refractivity contribution in [2.45, 2.75) is 38.7 Å². The van der Waals surface area contributed by atoms with E-state index in [2.05, 4.69) is 15.6 Å². The van der Waals surface area contributed by atoms with Crippen LogP contribution in [0.5, 0.6) is 0 Å². The van der Waals surface area contributed by atoms with E-state index in [4.69, 9.17) is 9.47 Å². The van der Waals surface area contributed by atoms with Crippen LogP contribution in [0, 0.1) is 6.92 Å². The summed E-state index contributed by atoms with van der Waals surface area (Å²) in [5.74, 6) is -0.377. The van der Waals surface area contributed by atoms with Crippen molar-refractivity contribution in [3.8, 4) is 0 Å². The molecule has 1 aliphatic heterocycles. The van der Waals surface area contributed by atoms with Gasteiger partial charge >= 0.3 is 0 Å². The highest BCUT2D eigenvalue weighted by Gasteiger charge is 2.20. The first-order chi connectivity index (χ1) is 14.0. The number of nitrogens with zero attached hydrogens (tertiary/aromatic N) is 2.